The third-order valence-electron chi connectivity index (χ3n) is 8.70. The zero-order chi connectivity index (χ0) is 41.7. The maximum absolute atomic E-state index is 9.73. The molecule has 0 fully saturated rings. The van der Waals surface area contributed by atoms with Crippen LogP contribution in [0.1, 0.15) is 13.7 Å². The van der Waals surface area contributed by atoms with Crippen LogP contribution in [-0.2, 0) is 0 Å². The molecule has 4 nitrogen and oxygen atoms in total. The summed E-state index contributed by atoms with van der Waals surface area (Å²) in [4.78, 5) is 14.7. The van der Waals surface area contributed by atoms with Crippen LogP contribution >= 0.6 is 11.3 Å². The van der Waals surface area contributed by atoms with Crippen molar-refractivity contribution in [2.24, 2.45) is 0 Å². The largest absolute Gasteiger partial charge is 0.309 e. The highest BCUT2D eigenvalue weighted by Crippen LogP contribution is 2.41. The summed E-state index contributed by atoms with van der Waals surface area (Å²) >= 11 is 0.968. The van der Waals surface area contributed by atoms with Crippen LogP contribution in [0.25, 0.3) is 93.0 Å². The zero-order valence-corrected chi connectivity index (χ0v) is 26.9. The van der Waals surface area contributed by atoms with E-state index in [1.54, 1.807) is 22.8 Å². The van der Waals surface area contributed by atoms with Crippen molar-refractivity contribution in [2.75, 3.05) is 0 Å². The van der Waals surface area contributed by atoms with E-state index in [0.29, 0.717) is 28.7 Å². The SMILES string of the molecule is [2H]c1c([2H])c([2H])c2c(sc3c([2H])c4c5c([2H])c([2H])c([2H])c([2H])c5n(-c5cccc(-c6nc(-c7ccccc7)nc(-c7ccc(-c8ccccc8)cc7)n6)c5)c4c([2H])c32)c1[2H]. The number of aromatic nitrogens is 4. The molecular weight excluding hydrogens is 629 g/mol. The number of nitrogens with zero attached hydrogens (tertiary/aromatic N) is 4. The summed E-state index contributed by atoms with van der Waals surface area (Å²) in [6.07, 6.45) is 0. The molecule has 5 heteroatoms. The van der Waals surface area contributed by atoms with E-state index in [1.807, 2.05) is 91.0 Å². The summed E-state index contributed by atoms with van der Waals surface area (Å²) in [5.74, 6) is 1.19. The predicted molar refractivity (Wildman–Crippen MR) is 209 cm³/mol. The Labute approximate surface area is 306 Å². The van der Waals surface area contributed by atoms with E-state index >= 15 is 0 Å². The number of hydrogen-bond acceptors (Lipinski definition) is 4. The van der Waals surface area contributed by atoms with Gasteiger partial charge >= 0.3 is 0 Å². The highest BCUT2D eigenvalue weighted by molar-refractivity contribution is 7.25. The number of benzene rings is 7. The quantitative estimate of drug-likeness (QED) is 0.184. The summed E-state index contributed by atoms with van der Waals surface area (Å²) in [5.41, 5.74) is 4.72. The number of fused-ring (bicyclic) bond motifs is 6. The lowest BCUT2D eigenvalue weighted by Gasteiger charge is -2.12. The summed E-state index contributed by atoms with van der Waals surface area (Å²) in [6, 6.07) is 31.0. The average Bonchev–Trinajstić information content (AvgIpc) is 3.88. The van der Waals surface area contributed by atoms with Gasteiger partial charge in [-0.05, 0) is 47.4 Å². The van der Waals surface area contributed by atoms with Crippen LogP contribution in [0.3, 0.4) is 0 Å². The Bertz CT molecular complexity index is 3430. The summed E-state index contributed by atoms with van der Waals surface area (Å²) < 4.78 is 90.8. The first-order valence-corrected chi connectivity index (χ1v) is 16.7. The lowest BCUT2D eigenvalue weighted by Crippen LogP contribution is -2.01. The Morgan fingerprint density at radius 3 is 1.78 bits per heavy atom. The molecule has 0 N–H and O–H groups in total. The monoisotopic (exact) mass is 666 g/mol. The Balaban J connectivity index is 1.25. The van der Waals surface area contributed by atoms with E-state index in [0.717, 1.165) is 33.6 Å². The van der Waals surface area contributed by atoms with Crippen molar-refractivity contribution >= 4 is 53.3 Å². The fourth-order valence-corrected chi connectivity index (χ4v) is 7.30. The minimum absolute atomic E-state index is 0.0478. The van der Waals surface area contributed by atoms with Crippen molar-refractivity contribution in [3.05, 3.63) is 170 Å². The lowest BCUT2D eigenvalue weighted by atomic mass is 10.0. The molecule has 0 amide bonds. The molecule has 3 aromatic heterocycles. The van der Waals surface area contributed by atoms with Crippen molar-refractivity contribution in [1.29, 1.82) is 0 Å². The molecule has 234 valence electrons. The normalized spacial score (nSPS) is 14.4. The van der Waals surface area contributed by atoms with Gasteiger partial charge in [-0.25, -0.2) is 15.0 Å². The molecule has 0 saturated carbocycles. The van der Waals surface area contributed by atoms with Crippen LogP contribution in [0.2, 0.25) is 0 Å². The lowest BCUT2D eigenvalue weighted by molar-refractivity contribution is 1.07. The third-order valence-corrected chi connectivity index (χ3v) is 9.72. The number of para-hydroxylation sites is 1. The molecule has 10 rings (SSSR count). The molecule has 0 aliphatic rings. The van der Waals surface area contributed by atoms with Crippen molar-refractivity contribution in [3.63, 3.8) is 0 Å². The van der Waals surface area contributed by atoms with E-state index in [-0.39, 0.29) is 78.2 Å². The van der Waals surface area contributed by atoms with E-state index < -0.39 is 24.2 Å². The Morgan fingerprint density at radius 1 is 0.440 bits per heavy atom. The Morgan fingerprint density at radius 2 is 1.02 bits per heavy atom. The van der Waals surface area contributed by atoms with Crippen LogP contribution in [0.5, 0.6) is 0 Å². The first-order valence-electron chi connectivity index (χ1n) is 20.9. The van der Waals surface area contributed by atoms with E-state index in [1.165, 1.54) is 0 Å². The molecule has 0 spiro atoms. The van der Waals surface area contributed by atoms with Gasteiger partial charge in [-0.3, -0.25) is 0 Å². The topological polar surface area (TPSA) is 43.6 Å². The van der Waals surface area contributed by atoms with Gasteiger partial charge in [0.15, 0.2) is 17.5 Å². The molecule has 10 aromatic rings. The smallest absolute Gasteiger partial charge is 0.164 e. The van der Waals surface area contributed by atoms with Gasteiger partial charge in [-0.15, -0.1) is 11.3 Å². The second kappa shape index (κ2) is 11.6. The highest BCUT2D eigenvalue weighted by atomic mass is 32.1. The van der Waals surface area contributed by atoms with Crippen LogP contribution in [-0.4, -0.2) is 19.5 Å². The highest BCUT2D eigenvalue weighted by Gasteiger charge is 2.17. The molecule has 0 saturated heterocycles. The molecule has 0 unspecified atom stereocenters. The molecule has 0 aliphatic carbocycles. The van der Waals surface area contributed by atoms with Gasteiger partial charge in [0, 0.05) is 53.3 Å². The molecule has 7 aromatic carbocycles. The minimum Gasteiger partial charge on any atom is -0.309 e. The number of hydrogen-bond donors (Lipinski definition) is 0. The predicted octanol–water partition coefficient (Wildman–Crippen LogP) is 12.0. The molecule has 50 heavy (non-hydrogen) atoms. The van der Waals surface area contributed by atoms with Gasteiger partial charge in [0.05, 0.1) is 24.7 Å². The average molecular weight is 667 g/mol. The van der Waals surface area contributed by atoms with Crippen molar-refractivity contribution in [3.8, 4) is 51.0 Å². The second-order valence-corrected chi connectivity index (χ2v) is 12.7. The maximum atomic E-state index is 9.73. The number of thiophene rings is 1. The molecule has 0 bridgehead atoms. The first kappa shape index (κ1) is 20.2. The van der Waals surface area contributed by atoms with Gasteiger partial charge in [-0.1, -0.05) is 133 Å². The summed E-state index contributed by atoms with van der Waals surface area (Å²) in [5, 5.41) is 0.401. The zero-order valence-electron chi connectivity index (χ0n) is 36.1. The van der Waals surface area contributed by atoms with Gasteiger partial charge in [0.2, 0.25) is 0 Å². The van der Waals surface area contributed by atoms with Crippen LogP contribution < -0.4 is 0 Å². The maximum Gasteiger partial charge on any atom is 0.164 e. The Kier molecular flexibility index (Phi) is 4.69. The molecule has 0 atom stereocenters. The first-order chi connectivity index (χ1) is 28.9. The molecule has 0 radical (unpaired) electrons. The summed E-state index contributed by atoms with van der Waals surface area (Å²) in [6.45, 7) is 0. The van der Waals surface area contributed by atoms with E-state index in [2.05, 4.69) is 0 Å². The molecule has 3 heterocycles. The van der Waals surface area contributed by atoms with Gasteiger partial charge in [0.25, 0.3) is 0 Å². The van der Waals surface area contributed by atoms with E-state index in [4.69, 9.17) is 25.9 Å². The molecular formula is C45H28N4S. The van der Waals surface area contributed by atoms with Crippen LogP contribution in [0.4, 0.5) is 0 Å². The standard InChI is InChI=1S/C45H28N4S/c1-3-12-29(13-4-1)30-22-24-32(25-23-30)44-46-43(31-14-5-2-6-15-31)47-45(48-44)33-16-11-17-34(26-33)49-39-20-9-7-18-35(39)37-28-42-38(27-40(37)49)36-19-8-10-21-41(36)50-42/h1-28H/i7D,8D,9D,10D,18D,19D,20D,21D,27D,28D. The minimum atomic E-state index is -0.495. The third kappa shape index (κ3) is 4.79. The van der Waals surface area contributed by atoms with Crippen LogP contribution in [0.15, 0.2) is 170 Å². The fraction of sp³-hybridized carbons (Fsp3) is 0. The second-order valence-electron chi connectivity index (χ2n) is 11.7. The molecule has 0 aliphatic heterocycles. The number of rotatable bonds is 5. The Hall–Kier alpha value is -6.43. The van der Waals surface area contributed by atoms with Gasteiger partial charge in [-0.2, -0.15) is 0 Å². The van der Waals surface area contributed by atoms with Crippen molar-refractivity contribution < 1.29 is 13.7 Å². The summed E-state index contributed by atoms with van der Waals surface area (Å²) in [7, 11) is 0. The van der Waals surface area contributed by atoms with Crippen molar-refractivity contribution in [1.82, 2.24) is 19.5 Å². The van der Waals surface area contributed by atoms with Gasteiger partial charge < -0.3 is 4.57 Å². The van der Waals surface area contributed by atoms with Crippen LogP contribution in [0, 0.1) is 0 Å². The van der Waals surface area contributed by atoms with Gasteiger partial charge in [0.1, 0.15) is 0 Å². The fourth-order valence-electron chi connectivity index (χ4n) is 6.33. The van der Waals surface area contributed by atoms with Crippen molar-refractivity contribution in [2.45, 2.75) is 0 Å². The van der Waals surface area contributed by atoms with E-state index in [9.17, 15) is 2.74 Å².